The van der Waals surface area contributed by atoms with Crippen molar-refractivity contribution in [2.45, 2.75) is 13.3 Å². The highest BCUT2D eigenvalue weighted by Gasteiger charge is 2.11. The Kier molecular flexibility index (Phi) is 6.02. The monoisotopic (exact) mass is 260 g/mol. The van der Waals surface area contributed by atoms with Crippen molar-refractivity contribution in [2.75, 3.05) is 6.54 Å². The first-order chi connectivity index (χ1) is 9.17. The predicted octanol–water partition coefficient (Wildman–Crippen LogP) is 1.17. The van der Waals surface area contributed by atoms with Gasteiger partial charge in [0.2, 0.25) is 5.91 Å². The maximum atomic E-state index is 11.8. The lowest BCUT2D eigenvalue weighted by atomic mass is 10.2. The third kappa shape index (κ3) is 5.16. The van der Waals surface area contributed by atoms with Gasteiger partial charge in [-0.15, -0.1) is 0 Å². The Morgan fingerprint density at radius 3 is 2.53 bits per heavy atom. The number of rotatable bonds is 5. The van der Waals surface area contributed by atoms with Crippen LogP contribution in [-0.2, 0) is 14.4 Å². The average molecular weight is 260 g/mol. The van der Waals surface area contributed by atoms with Crippen molar-refractivity contribution in [3.63, 3.8) is 0 Å². The van der Waals surface area contributed by atoms with Gasteiger partial charge in [-0.25, -0.2) is 5.01 Å². The molecule has 0 bridgehead atoms. The molecule has 0 aromatic heterocycles. The van der Waals surface area contributed by atoms with Gasteiger partial charge in [-0.2, -0.15) is 0 Å². The number of amides is 2. The number of hydrazine groups is 1. The molecular formula is C14H16N2O3. The minimum atomic E-state index is -0.447. The first kappa shape index (κ1) is 14.6. The van der Waals surface area contributed by atoms with Crippen LogP contribution in [0.5, 0.6) is 0 Å². The van der Waals surface area contributed by atoms with Crippen LogP contribution >= 0.6 is 0 Å². The molecule has 0 spiro atoms. The molecule has 100 valence electrons. The third-order valence-corrected chi connectivity index (χ3v) is 2.32. The normalized spacial score (nSPS) is 10.2. The number of nitrogens with one attached hydrogen (secondary N) is 1. The van der Waals surface area contributed by atoms with E-state index in [-0.39, 0.29) is 18.9 Å². The molecule has 0 aliphatic rings. The summed E-state index contributed by atoms with van der Waals surface area (Å²) in [6, 6.07) is 9.27. The van der Waals surface area contributed by atoms with Crippen molar-refractivity contribution >= 4 is 24.2 Å². The Hall–Kier alpha value is -2.43. The summed E-state index contributed by atoms with van der Waals surface area (Å²) in [5.74, 6) is -0.763. The van der Waals surface area contributed by atoms with Gasteiger partial charge in [-0.3, -0.25) is 15.0 Å². The van der Waals surface area contributed by atoms with E-state index in [2.05, 4.69) is 5.43 Å². The molecule has 0 saturated heterocycles. The van der Waals surface area contributed by atoms with Crippen LogP contribution in [0.1, 0.15) is 18.9 Å². The fourth-order valence-electron chi connectivity index (χ4n) is 1.32. The number of nitrogens with zero attached hydrogens (tertiary/aromatic N) is 1. The van der Waals surface area contributed by atoms with Gasteiger partial charge >= 0.3 is 0 Å². The fraction of sp³-hybridized carbons (Fsp3) is 0.214. The van der Waals surface area contributed by atoms with Crippen molar-refractivity contribution in [1.29, 1.82) is 0 Å². The zero-order chi connectivity index (χ0) is 14.1. The molecule has 0 fully saturated rings. The zero-order valence-corrected chi connectivity index (χ0v) is 10.7. The summed E-state index contributed by atoms with van der Waals surface area (Å²) >= 11 is 0. The van der Waals surface area contributed by atoms with Crippen LogP contribution in [-0.4, -0.2) is 29.7 Å². The third-order valence-electron chi connectivity index (χ3n) is 2.32. The van der Waals surface area contributed by atoms with Gasteiger partial charge in [0.25, 0.3) is 5.91 Å². The van der Waals surface area contributed by atoms with Gasteiger partial charge in [-0.05, 0) is 11.6 Å². The highest BCUT2D eigenvalue weighted by atomic mass is 16.2. The van der Waals surface area contributed by atoms with Crippen molar-refractivity contribution in [3.8, 4) is 0 Å². The molecule has 1 aromatic rings. The number of carbonyl (C=O) groups is 3. The minimum absolute atomic E-state index is 0.177. The second kappa shape index (κ2) is 7.81. The van der Waals surface area contributed by atoms with Gasteiger partial charge in [0.1, 0.15) is 6.29 Å². The summed E-state index contributed by atoms with van der Waals surface area (Å²) < 4.78 is 0. The van der Waals surface area contributed by atoms with Crippen LogP contribution in [0, 0.1) is 0 Å². The summed E-state index contributed by atoms with van der Waals surface area (Å²) in [4.78, 5) is 33.5. The summed E-state index contributed by atoms with van der Waals surface area (Å²) in [6.45, 7) is 1.49. The van der Waals surface area contributed by atoms with E-state index < -0.39 is 5.91 Å². The van der Waals surface area contributed by atoms with Crippen LogP contribution in [0.25, 0.3) is 6.08 Å². The molecule has 0 radical (unpaired) electrons. The fourth-order valence-corrected chi connectivity index (χ4v) is 1.32. The molecule has 0 unspecified atom stereocenters. The van der Waals surface area contributed by atoms with Gasteiger partial charge in [0.15, 0.2) is 0 Å². The molecule has 0 heterocycles. The molecule has 1 aromatic carbocycles. The number of hydrogen-bond acceptors (Lipinski definition) is 3. The van der Waals surface area contributed by atoms with Crippen LogP contribution in [0.2, 0.25) is 0 Å². The molecule has 1 N–H and O–H groups in total. The van der Waals surface area contributed by atoms with E-state index >= 15 is 0 Å². The van der Waals surface area contributed by atoms with Crippen molar-refractivity contribution < 1.29 is 14.4 Å². The maximum absolute atomic E-state index is 11.8. The first-order valence-corrected chi connectivity index (χ1v) is 5.95. The molecule has 2 amide bonds. The molecule has 0 aliphatic carbocycles. The molecular weight excluding hydrogens is 244 g/mol. The van der Waals surface area contributed by atoms with E-state index in [1.807, 2.05) is 30.3 Å². The number of aldehydes is 1. The highest BCUT2D eigenvalue weighted by molar-refractivity contribution is 5.94. The second-order valence-electron chi connectivity index (χ2n) is 3.75. The topological polar surface area (TPSA) is 66.5 Å². The van der Waals surface area contributed by atoms with E-state index in [1.54, 1.807) is 13.0 Å². The summed E-state index contributed by atoms with van der Waals surface area (Å²) in [6.07, 6.45) is 3.74. The molecule has 0 aliphatic heterocycles. The van der Waals surface area contributed by atoms with Crippen LogP contribution in [0.4, 0.5) is 0 Å². The predicted molar refractivity (Wildman–Crippen MR) is 71.7 cm³/mol. The molecule has 5 heteroatoms. The summed E-state index contributed by atoms with van der Waals surface area (Å²) in [5, 5.41) is 0.984. The Balaban J connectivity index is 2.69. The zero-order valence-electron chi connectivity index (χ0n) is 10.7. The quantitative estimate of drug-likeness (QED) is 0.491. The minimum Gasteiger partial charge on any atom is -0.301 e. The van der Waals surface area contributed by atoms with E-state index in [0.29, 0.717) is 6.29 Å². The smallest absolute Gasteiger partial charge is 0.265 e. The highest BCUT2D eigenvalue weighted by Crippen LogP contribution is 2.01. The molecule has 1 rings (SSSR count). The SMILES string of the molecule is CCC(=O)NN(CC=O)C(=O)C=Cc1ccccc1. The van der Waals surface area contributed by atoms with Crippen molar-refractivity contribution in [1.82, 2.24) is 10.4 Å². The number of carbonyl (C=O) groups excluding carboxylic acids is 3. The van der Waals surface area contributed by atoms with Crippen LogP contribution < -0.4 is 5.43 Å². The number of benzene rings is 1. The van der Waals surface area contributed by atoms with Crippen LogP contribution in [0.15, 0.2) is 36.4 Å². The average Bonchev–Trinajstić information content (AvgIpc) is 2.45. The number of hydrogen-bond donors (Lipinski definition) is 1. The Morgan fingerprint density at radius 1 is 1.26 bits per heavy atom. The molecule has 0 saturated carbocycles. The molecule has 19 heavy (non-hydrogen) atoms. The van der Waals surface area contributed by atoms with Gasteiger partial charge in [0, 0.05) is 12.5 Å². The first-order valence-electron chi connectivity index (χ1n) is 5.95. The summed E-state index contributed by atoms with van der Waals surface area (Å²) in [5.41, 5.74) is 3.23. The Labute approximate surface area is 111 Å². The van der Waals surface area contributed by atoms with Crippen LogP contribution in [0.3, 0.4) is 0 Å². The van der Waals surface area contributed by atoms with E-state index in [4.69, 9.17) is 0 Å². The molecule has 0 atom stereocenters. The van der Waals surface area contributed by atoms with Gasteiger partial charge < -0.3 is 4.79 Å². The molecule has 5 nitrogen and oxygen atoms in total. The lowest BCUT2D eigenvalue weighted by molar-refractivity contribution is -0.138. The maximum Gasteiger partial charge on any atom is 0.265 e. The Bertz CT molecular complexity index is 469. The van der Waals surface area contributed by atoms with E-state index in [0.717, 1.165) is 10.6 Å². The lowest BCUT2D eigenvalue weighted by Crippen LogP contribution is -2.46. The van der Waals surface area contributed by atoms with Gasteiger partial charge in [-0.1, -0.05) is 37.3 Å². The van der Waals surface area contributed by atoms with Crippen molar-refractivity contribution in [3.05, 3.63) is 42.0 Å². The standard InChI is InChI=1S/C14H16N2O3/c1-2-13(18)15-16(10-11-17)14(19)9-8-12-6-4-3-5-7-12/h3-9,11H,2,10H2,1H3,(H,15,18). The Morgan fingerprint density at radius 2 is 1.95 bits per heavy atom. The largest absolute Gasteiger partial charge is 0.301 e. The van der Waals surface area contributed by atoms with E-state index in [9.17, 15) is 14.4 Å². The van der Waals surface area contributed by atoms with E-state index in [1.165, 1.54) is 6.08 Å². The van der Waals surface area contributed by atoms with Gasteiger partial charge in [0.05, 0.1) is 6.54 Å². The van der Waals surface area contributed by atoms with Crippen molar-refractivity contribution in [2.24, 2.45) is 0 Å². The lowest BCUT2D eigenvalue weighted by Gasteiger charge is -2.18. The summed E-state index contributed by atoms with van der Waals surface area (Å²) in [7, 11) is 0. The second-order valence-corrected chi connectivity index (χ2v) is 3.75.